The van der Waals surface area contributed by atoms with Crippen LogP contribution in [-0.4, -0.2) is 48.3 Å². The summed E-state index contributed by atoms with van der Waals surface area (Å²) in [5.41, 5.74) is 2.56. The Morgan fingerprint density at radius 3 is 2.07 bits per heavy atom. The molecule has 0 radical (unpaired) electrons. The first kappa shape index (κ1) is 21.6. The molecule has 1 fully saturated rings. The fourth-order valence-electron chi connectivity index (χ4n) is 4.11. The minimum Gasteiger partial charge on any atom is -0.389 e. The molecule has 0 aromatic heterocycles. The number of piperazine rings is 1. The molecule has 1 atom stereocenters. The average Bonchev–Trinajstić information content (AvgIpc) is 2.72. The Balaban J connectivity index is 1.88. The number of nitrogens with zero attached hydrogens (tertiary/aromatic N) is 1. The molecule has 0 spiro atoms. The number of benzene rings is 2. The topological polar surface area (TPSA) is 35.5 Å². The Bertz CT molecular complexity index is 748. The van der Waals surface area contributed by atoms with Gasteiger partial charge in [-0.05, 0) is 47.7 Å². The van der Waals surface area contributed by atoms with E-state index in [9.17, 15) is 5.11 Å². The number of hydrogen-bond donors (Lipinski definition) is 2. The summed E-state index contributed by atoms with van der Waals surface area (Å²) in [6.07, 6.45) is 1.48. The third kappa shape index (κ3) is 5.08. The van der Waals surface area contributed by atoms with E-state index in [1.807, 2.05) is 12.1 Å². The Labute approximate surface area is 178 Å². The molecule has 0 saturated carbocycles. The Kier molecular flexibility index (Phi) is 7.41. The monoisotopic (exact) mass is 420 g/mol. The predicted molar refractivity (Wildman–Crippen MR) is 119 cm³/mol. The molecule has 2 aromatic carbocycles. The molecular weight excluding hydrogens is 391 g/mol. The van der Waals surface area contributed by atoms with E-state index in [0.29, 0.717) is 10.0 Å². The van der Waals surface area contributed by atoms with Gasteiger partial charge in [-0.15, -0.1) is 0 Å². The van der Waals surface area contributed by atoms with Crippen molar-refractivity contribution in [2.24, 2.45) is 0 Å². The molecule has 0 aliphatic carbocycles. The second-order valence-electron chi connectivity index (χ2n) is 7.69. The standard InChI is InChI=1S/C23H30Cl2N2O/c1-3-23(28,4-2)22(16-27-11-9-26-10-12-27)18-7-5-17(6-8-18)19-13-20(24)15-21(25)14-19/h5-8,13-15,22,26,28H,3-4,9-12,16H2,1-2H3. The molecule has 3 rings (SSSR count). The molecular formula is C23H30Cl2N2O. The molecule has 1 heterocycles. The highest BCUT2D eigenvalue weighted by molar-refractivity contribution is 6.35. The van der Waals surface area contributed by atoms with Crippen molar-refractivity contribution < 1.29 is 5.11 Å². The molecule has 2 N–H and O–H groups in total. The van der Waals surface area contributed by atoms with Crippen LogP contribution >= 0.6 is 23.2 Å². The first-order valence-electron chi connectivity index (χ1n) is 10.2. The van der Waals surface area contributed by atoms with Gasteiger partial charge in [0.25, 0.3) is 0 Å². The number of nitrogens with one attached hydrogen (secondary N) is 1. The normalized spacial score (nSPS) is 16.9. The van der Waals surface area contributed by atoms with Crippen LogP contribution in [0.3, 0.4) is 0 Å². The highest BCUT2D eigenvalue weighted by atomic mass is 35.5. The lowest BCUT2D eigenvalue weighted by atomic mass is 9.77. The largest absolute Gasteiger partial charge is 0.389 e. The second kappa shape index (κ2) is 9.60. The van der Waals surface area contributed by atoms with Crippen molar-refractivity contribution in [3.8, 4) is 11.1 Å². The SMILES string of the molecule is CCC(O)(CC)C(CN1CCNCC1)c1ccc(-c2cc(Cl)cc(Cl)c2)cc1. The molecule has 2 aromatic rings. The van der Waals surface area contributed by atoms with E-state index < -0.39 is 5.60 Å². The molecule has 1 unspecified atom stereocenters. The van der Waals surface area contributed by atoms with Crippen LogP contribution in [0.1, 0.15) is 38.2 Å². The van der Waals surface area contributed by atoms with Crippen LogP contribution in [0, 0.1) is 0 Å². The van der Waals surface area contributed by atoms with Gasteiger partial charge in [-0.25, -0.2) is 0 Å². The summed E-state index contributed by atoms with van der Waals surface area (Å²) in [6, 6.07) is 14.1. The van der Waals surface area contributed by atoms with Gasteiger partial charge in [-0.2, -0.15) is 0 Å². The van der Waals surface area contributed by atoms with Crippen LogP contribution in [0.15, 0.2) is 42.5 Å². The molecule has 1 aliphatic heterocycles. The maximum atomic E-state index is 11.4. The van der Waals surface area contributed by atoms with Crippen molar-refractivity contribution >= 4 is 23.2 Å². The summed E-state index contributed by atoms with van der Waals surface area (Å²) in [6.45, 7) is 9.11. The molecule has 1 aliphatic rings. The number of halogens is 2. The van der Waals surface area contributed by atoms with E-state index >= 15 is 0 Å². The highest BCUT2D eigenvalue weighted by Gasteiger charge is 2.35. The van der Waals surface area contributed by atoms with Crippen LogP contribution in [0.2, 0.25) is 10.0 Å². The number of rotatable bonds is 7. The zero-order valence-corrected chi connectivity index (χ0v) is 18.2. The summed E-state index contributed by atoms with van der Waals surface area (Å²) in [5, 5.41) is 16.0. The second-order valence-corrected chi connectivity index (χ2v) is 8.57. The fourth-order valence-corrected chi connectivity index (χ4v) is 4.63. The fraction of sp³-hybridized carbons (Fsp3) is 0.478. The lowest BCUT2D eigenvalue weighted by Gasteiger charge is -2.39. The van der Waals surface area contributed by atoms with Crippen molar-refractivity contribution in [2.45, 2.75) is 38.2 Å². The zero-order chi connectivity index (χ0) is 20.1. The van der Waals surface area contributed by atoms with Gasteiger partial charge in [-0.3, -0.25) is 0 Å². The Morgan fingerprint density at radius 2 is 1.54 bits per heavy atom. The van der Waals surface area contributed by atoms with E-state index in [0.717, 1.165) is 56.7 Å². The van der Waals surface area contributed by atoms with Gasteiger partial charge in [0.15, 0.2) is 0 Å². The summed E-state index contributed by atoms with van der Waals surface area (Å²) in [5.74, 6) is 0.0811. The first-order valence-corrected chi connectivity index (χ1v) is 10.9. The zero-order valence-electron chi connectivity index (χ0n) is 16.7. The third-order valence-electron chi connectivity index (χ3n) is 6.03. The van der Waals surface area contributed by atoms with Crippen LogP contribution in [0.25, 0.3) is 11.1 Å². The van der Waals surface area contributed by atoms with Gasteiger partial charge in [0.05, 0.1) is 5.60 Å². The van der Waals surface area contributed by atoms with Gasteiger partial charge < -0.3 is 15.3 Å². The van der Waals surface area contributed by atoms with Gasteiger partial charge in [0.2, 0.25) is 0 Å². The van der Waals surface area contributed by atoms with Gasteiger partial charge >= 0.3 is 0 Å². The minimum atomic E-state index is -0.703. The maximum Gasteiger partial charge on any atom is 0.0723 e. The average molecular weight is 421 g/mol. The third-order valence-corrected chi connectivity index (χ3v) is 6.47. The van der Waals surface area contributed by atoms with E-state index in [1.54, 1.807) is 6.07 Å². The summed E-state index contributed by atoms with van der Waals surface area (Å²) < 4.78 is 0. The number of aliphatic hydroxyl groups is 1. The molecule has 28 heavy (non-hydrogen) atoms. The van der Waals surface area contributed by atoms with Crippen molar-refractivity contribution in [3.05, 3.63) is 58.1 Å². The van der Waals surface area contributed by atoms with Crippen LogP contribution in [-0.2, 0) is 0 Å². The van der Waals surface area contributed by atoms with Crippen molar-refractivity contribution in [1.29, 1.82) is 0 Å². The van der Waals surface area contributed by atoms with Crippen LogP contribution in [0.5, 0.6) is 0 Å². The van der Waals surface area contributed by atoms with Crippen LogP contribution in [0.4, 0.5) is 0 Å². The summed E-state index contributed by atoms with van der Waals surface area (Å²) in [4.78, 5) is 2.46. The van der Waals surface area contributed by atoms with Crippen LogP contribution < -0.4 is 5.32 Å². The van der Waals surface area contributed by atoms with Crippen molar-refractivity contribution in [1.82, 2.24) is 10.2 Å². The van der Waals surface area contributed by atoms with Gasteiger partial charge in [0, 0.05) is 48.7 Å². The molecule has 5 heteroatoms. The van der Waals surface area contributed by atoms with Crippen molar-refractivity contribution in [2.75, 3.05) is 32.7 Å². The summed E-state index contributed by atoms with van der Waals surface area (Å²) in [7, 11) is 0. The van der Waals surface area contributed by atoms with Gasteiger partial charge in [-0.1, -0.05) is 61.3 Å². The van der Waals surface area contributed by atoms with E-state index in [2.05, 4.69) is 48.3 Å². The lowest BCUT2D eigenvalue weighted by molar-refractivity contribution is -0.00821. The van der Waals surface area contributed by atoms with E-state index in [4.69, 9.17) is 23.2 Å². The minimum absolute atomic E-state index is 0.0811. The Hall–Kier alpha value is -1.10. The highest BCUT2D eigenvalue weighted by Crippen LogP contribution is 2.36. The van der Waals surface area contributed by atoms with E-state index in [1.165, 1.54) is 5.56 Å². The lowest BCUT2D eigenvalue weighted by Crippen LogP contribution is -2.48. The van der Waals surface area contributed by atoms with Gasteiger partial charge in [0.1, 0.15) is 0 Å². The Morgan fingerprint density at radius 1 is 0.964 bits per heavy atom. The predicted octanol–water partition coefficient (Wildman–Crippen LogP) is 5.20. The first-order chi connectivity index (χ1) is 13.4. The molecule has 3 nitrogen and oxygen atoms in total. The molecule has 0 bridgehead atoms. The molecule has 0 amide bonds. The quantitative estimate of drug-likeness (QED) is 0.645. The smallest absolute Gasteiger partial charge is 0.0723 e. The molecule has 152 valence electrons. The summed E-state index contributed by atoms with van der Waals surface area (Å²) >= 11 is 12.3. The molecule has 1 saturated heterocycles. The van der Waals surface area contributed by atoms with Crippen molar-refractivity contribution in [3.63, 3.8) is 0 Å². The maximum absolute atomic E-state index is 11.4. The van der Waals surface area contributed by atoms with E-state index in [-0.39, 0.29) is 5.92 Å². The number of hydrogen-bond acceptors (Lipinski definition) is 3.